The number of benzene rings is 1. The highest BCUT2D eigenvalue weighted by atomic mass is 32.2. The predicted octanol–water partition coefficient (Wildman–Crippen LogP) is 2.44. The molecule has 2 atom stereocenters. The van der Waals surface area contributed by atoms with E-state index in [1.807, 2.05) is 0 Å². The Kier molecular flexibility index (Phi) is 4.02. The third-order valence-corrected chi connectivity index (χ3v) is 6.03. The van der Waals surface area contributed by atoms with Crippen LogP contribution in [0.3, 0.4) is 0 Å². The summed E-state index contributed by atoms with van der Waals surface area (Å²) in [6.45, 7) is 6.26. The second-order valence-electron chi connectivity index (χ2n) is 5.90. The number of hydrogen-bond acceptors (Lipinski definition) is 3. The van der Waals surface area contributed by atoms with Gasteiger partial charge in [0.25, 0.3) is 0 Å². The van der Waals surface area contributed by atoms with Crippen LogP contribution < -0.4 is 5.73 Å². The van der Waals surface area contributed by atoms with Crippen LogP contribution in [0.15, 0.2) is 12.1 Å². The van der Waals surface area contributed by atoms with Crippen molar-refractivity contribution in [3.8, 4) is 0 Å². The first-order valence-corrected chi connectivity index (χ1v) is 8.64. The zero-order valence-electron chi connectivity index (χ0n) is 11.9. The molecule has 2 unspecified atom stereocenters. The molecule has 0 radical (unpaired) electrons. The van der Waals surface area contributed by atoms with E-state index < -0.39 is 9.84 Å². The van der Waals surface area contributed by atoms with Crippen LogP contribution in [-0.2, 0) is 9.84 Å². The summed E-state index contributed by atoms with van der Waals surface area (Å²) in [6.07, 6.45) is 1.53. The molecular weight excluding hydrogens is 258 g/mol. The standard InChI is InChI=1S/C15H23NO2S/c1-10-6-12(3)14(7-11(10)2)15(16)8-13-4-5-19(17,18)9-13/h6-7,13,15H,4-5,8-9,16H2,1-3H3. The fraction of sp³-hybridized carbons (Fsp3) is 0.600. The van der Waals surface area contributed by atoms with E-state index >= 15 is 0 Å². The summed E-state index contributed by atoms with van der Waals surface area (Å²) >= 11 is 0. The topological polar surface area (TPSA) is 60.2 Å². The van der Waals surface area contributed by atoms with Gasteiger partial charge >= 0.3 is 0 Å². The molecule has 2 N–H and O–H groups in total. The number of rotatable bonds is 3. The van der Waals surface area contributed by atoms with Crippen LogP contribution in [0.4, 0.5) is 0 Å². The van der Waals surface area contributed by atoms with Crippen molar-refractivity contribution < 1.29 is 8.42 Å². The molecule has 3 nitrogen and oxygen atoms in total. The first-order chi connectivity index (χ1) is 8.78. The Hall–Kier alpha value is -0.870. The molecule has 2 rings (SSSR count). The summed E-state index contributed by atoms with van der Waals surface area (Å²) in [4.78, 5) is 0. The molecule has 19 heavy (non-hydrogen) atoms. The maximum atomic E-state index is 11.5. The first kappa shape index (κ1) is 14.5. The molecule has 1 saturated heterocycles. The van der Waals surface area contributed by atoms with Gasteiger partial charge in [0, 0.05) is 6.04 Å². The maximum absolute atomic E-state index is 11.5. The van der Waals surface area contributed by atoms with E-state index in [0.29, 0.717) is 11.5 Å². The summed E-state index contributed by atoms with van der Waals surface area (Å²) in [5.41, 5.74) is 11.2. The highest BCUT2D eigenvalue weighted by Crippen LogP contribution is 2.30. The van der Waals surface area contributed by atoms with Gasteiger partial charge in [-0.1, -0.05) is 12.1 Å². The molecule has 1 aromatic carbocycles. The van der Waals surface area contributed by atoms with E-state index in [0.717, 1.165) is 18.4 Å². The normalized spacial score (nSPS) is 23.5. The largest absolute Gasteiger partial charge is 0.324 e. The molecule has 1 aliphatic heterocycles. The van der Waals surface area contributed by atoms with Crippen LogP contribution in [-0.4, -0.2) is 19.9 Å². The summed E-state index contributed by atoms with van der Waals surface area (Å²) in [6, 6.07) is 4.26. The molecule has 1 aromatic rings. The van der Waals surface area contributed by atoms with Crippen LogP contribution in [0.5, 0.6) is 0 Å². The predicted molar refractivity (Wildman–Crippen MR) is 79.0 cm³/mol. The fourth-order valence-electron chi connectivity index (χ4n) is 2.93. The first-order valence-electron chi connectivity index (χ1n) is 6.82. The van der Waals surface area contributed by atoms with Gasteiger partial charge in [-0.3, -0.25) is 0 Å². The molecule has 0 aromatic heterocycles. The molecule has 0 bridgehead atoms. The molecular formula is C15H23NO2S. The van der Waals surface area contributed by atoms with Crippen molar-refractivity contribution in [1.82, 2.24) is 0 Å². The average molecular weight is 281 g/mol. The van der Waals surface area contributed by atoms with Crippen LogP contribution in [0.2, 0.25) is 0 Å². The zero-order chi connectivity index (χ0) is 14.2. The van der Waals surface area contributed by atoms with Crippen LogP contribution in [0.25, 0.3) is 0 Å². The maximum Gasteiger partial charge on any atom is 0.150 e. The molecule has 0 saturated carbocycles. The van der Waals surface area contributed by atoms with E-state index in [1.54, 1.807) is 0 Å². The van der Waals surface area contributed by atoms with Crippen molar-refractivity contribution in [3.05, 3.63) is 34.4 Å². The number of aryl methyl sites for hydroxylation is 3. The Morgan fingerprint density at radius 2 is 1.84 bits per heavy atom. The molecule has 1 fully saturated rings. The van der Waals surface area contributed by atoms with E-state index in [2.05, 4.69) is 32.9 Å². The van der Waals surface area contributed by atoms with E-state index in [4.69, 9.17) is 5.73 Å². The third-order valence-electron chi connectivity index (χ3n) is 4.20. The van der Waals surface area contributed by atoms with Crippen LogP contribution >= 0.6 is 0 Å². The third kappa shape index (κ3) is 3.37. The molecule has 0 amide bonds. The van der Waals surface area contributed by atoms with Gasteiger partial charge in [-0.05, 0) is 61.8 Å². The second-order valence-corrected chi connectivity index (χ2v) is 8.13. The summed E-state index contributed by atoms with van der Waals surface area (Å²) in [5, 5.41) is 0. The lowest BCUT2D eigenvalue weighted by Gasteiger charge is -2.19. The number of sulfone groups is 1. The quantitative estimate of drug-likeness (QED) is 0.925. The minimum atomic E-state index is -2.80. The summed E-state index contributed by atoms with van der Waals surface area (Å²) in [5.74, 6) is 0.863. The highest BCUT2D eigenvalue weighted by molar-refractivity contribution is 7.91. The van der Waals surface area contributed by atoms with Crippen LogP contribution in [0.1, 0.15) is 41.1 Å². The monoisotopic (exact) mass is 281 g/mol. The Balaban J connectivity index is 2.12. The van der Waals surface area contributed by atoms with Gasteiger partial charge < -0.3 is 5.73 Å². The lowest BCUT2D eigenvalue weighted by Crippen LogP contribution is -2.17. The molecule has 1 aliphatic rings. The molecule has 0 spiro atoms. The van der Waals surface area contributed by atoms with Crippen molar-refractivity contribution in [1.29, 1.82) is 0 Å². The van der Waals surface area contributed by atoms with E-state index in [9.17, 15) is 8.42 Å². The minimum absolute atomic E-state index is 0.0578. The van der Waals surface area contributed by atoms with Gasteiger partial charge in [-0.25, -0.2) is 8.42 Å². The number of nitrogens with two attached hydrogens (primary N) is 1. The van der Waals surface area contributed by atoms with E-state index in [1.165, 1.54) is 16.7 Å². The van der Waals surface area contributed by atoms with Crippen molar-refractivity contribution in [2.24, 2.45) is 11.7 Å². The van der Waals surface area contributed by atoms with Crippen molar-refractivity contribution in [2.75, 3.05) is 11.5 Å². The van der Waals surface area contributed by atoms with Gasteiger partial charge in [-0.15, -0.1) is 0 Å². The highest BCUT2D eigenvalue weighted by Gasteiger charge is 2.29. The van der Waals surface area contributed by atoms with E-state index in [-0.39, 0.29) is 12.0 Å². The molecule has 4 heteroatoms. The Morgan fingerprint density at radius 3 is 2.42 bits per heavy atom. The molecule has 1 heterocycles. The Labute approximate surface area is 116 Å². The van der Waals surface area contributed by atoms with Gasteiger partial charge in [0.05, 0.1) is 11.5 Å². The van der Waals surface area contributed by atoms with Gasteiger partial charge in [0.1, 0.15) is 0 Å². The molecule has 0 aliphatic carbocycles. The van der Waals surface area contributed by atoms with Crippen LogP contribution in [0, 0.1) is 26.7 Å². The van der Waals surface area contributed by atoms with Crippen molar-refractivity contribution in [3.63, 3.8) is 0 Å². The van der Waals surface area contributed by atoms with Crippen molar-refractivity contribution >= 4 is 9.84 Å². The van der Waals surface area contributed by atoms with Gasteiger partial charge in [0.2, 0.25) is 0 Å². The number of hydrogen-bond donors (Lipinski definition) is 1. The average Bonchev–Trinajstić information content (AvgIpc) is 2.63. The fourth-order valence-corrected chi connectivity index (χ4v) is 4.81. The smallest absolute Gasteiger partial charge is 0.150 e. The Bertz CT molecular complexity index is 578. The van der Waals surface area contributed by atoms with Crippen molar-refractivity contribution in [2.45, 2.75) is 39.7 Å². The lowest BCUT2D eigenvalue weighted by molar-refractivity contribution is 0.480. The molecule has 106 valence electrons. The SMILES string of the molecule is Cc1cc(C)c(C(N)CC2CCS(=O)(=O)C2)cc1C. The summed E-state index contributed by atoms with van der Waals surface area (Å²) < 4.78 is 23.0. The van der Waals surface area contributed by atoms with Gasteiger partial charge in [0.15, 0.2) is 9.84 Å². The summed E-state index contributed by atoms with van der Waals surface area (Å²) in [7, 11) is -2.80. The zero-order valence-corrected chi connectivity index (χ0v) is 12.8. The Morgan fingerprint density at radius 1 is 1.21 bits per heavy atom. The lowest BCUT2D eigenvalue weighted by atomic mass is 9.90. The minimum Gasteiger partial charge on any atom is -0.324 e. The van der Waals surface area contributed by atoms with Gasteiger partial charge in [-0.2, -0.15) is 0 Å². The second kappa shape index (κ2) is 5.25.